The standard InChI is InChI=1S/C17H33N2O/c1-2-3-4-5-6-7-8-9-10-11-14-18-17(20)19-15-12-13-16-19/h2-16H2,1H3. The number of hydrogen-bond donors (Lipinski definition) is 0. The Labute approximate surface area is 125 Å². The van der Waals surface area contributed by atoms with Crippen molar-refractivity contribution in [3.8, 4) is 0 Å². The van der Waals surface area contributed by atoms with Crippen molar-refractivity contribution in [2.75, 3.05) is 19.6 Å². The summed E-state index contributed by atoms with van der Waals surface area (Å²) in [6.45, 7) is 4.83. The van der Waals surface area contributed by atoms with E-state index in [0.29, 0.717) is 0 Å². The fourth-order valence-electron chi connectivity index (χ4n) is 2.78. The van der Waals surface area contributed by atoms with Gasteiger partial charge in [0.15, 0.2) is 0 Å². The summed E-state index contributed by atoms with van der Waals surface area (Å²) in [7, 11) is 0. The Morgan fingerprint density at radius 2 is 1.35 bits per heavy atom. The van der Waals surface area contributed by atoms with E-state index in [9.17, 15) is 4.79 Å². The Hall–Kier alpha value is -0.730. The molecule has 1 heterocycles. The summed E-state index contributed by atoms with van der Waals surface area (Å²) in [5.74, 6) is 0. The molecule has 0 aromatic carbocycles. The number of likely N-dealkylation sites (tertiary alicyclic amines) is 1. The van der Waals surface area contributed by atoms with Crippen LogP contribution in [0.2, 0.25) is 0 Å². The average Bonchev–Trinajstić information content (AvgIpc) is 2.99. The minimum atomic E-state index is 0.0263. The Morgan fingerprint density at radius 3 is 1.90 bits per heavy atom. The van der Waals surface area contributed by atoms with Crippen LogP contribution in [0.3, 0.4) is 0 Å². The van der Waals surface area contributed by atoms with Crippen molar-refractivity contribution in [1.29, 1.82) is 0 Å². The molecule has 0 aromatic rings. The monoisotopic (exact) mass is 281 g/mol. The van der Waals surface area contributed by atoms with Gasteiger partial charge >= 0.3 is 6.03 Å². The van der Waals surface area contributed by atoms with E-state index in [4.69, 9.17) is 0 Å². The summed E-state index contributed by atoms with van der Waals surface area (Å²) in [5.41, 5.74) is 0. The summed E-state index contributed by atoms with van der Waals surface area (Å²) < 4.78 is 0. The molecule has 0 unspecified atom stereocenters. The highest BCUT2D eigenvalue weighted by atomic mass is 16.2. The lowest BCUT2D eigenvalue weighted by Gasteiger charge is -2.13. The van der Waals surface area contributed by atoms with Gasteiger partial charge in [-0.3, -0.25) is 0 Å². The van der Waals surface area contributed by atoms with E-state index in [1.54, 1.807) is 0 Å². The molecule has 1 fully saturated rings. The number of carbonyl (C=O) groups is 1. The van der Waals surface area contributed by atoms with E-state index in [2.05, 4.69) is 12.2 Å². The Kier molecular flexibility index (Phi) is 10.4. The predicted octanol–water partition coefficient (Wildman–Crippen LogP) is 4.73. The normalized spacial score (nSPS) is 14.8. The molecule has 1 radical (unpaired) electrons. The molecule has 1 saturated heterocycles. The van der Waals surface area contributed by atoms with Gasteiger partial charge in [-0.15, -0.1) is 0 Å². The minimum absolute atomic E-state index is 0.0263. The minimum Gasteiger partial charge on any atom is -0.323 e. The molecule has 3 heteroatoms. The van der Waals surface area contributed by atoms with Gasteiger partial charge in [-0.05, 0) is 19.3 Å². The zero-order chi connectivity index (χ0) is 14.5. The highest BCUT2D eigenvalue weighted by molar-refractivity contribution is 5.74. The van der Waals surface area contributed by atoms with E-state index >= 15 is 0 Å². The van der Waals surface area contributed by atoms with Crippen molar-refractivity contribution in [3.05, 3.63) is 0 Å². The van der Waals surface area contributed by atoms with Gasteiger partial charge in [0.25, 0.3) is 0 Å². The van der Waals surface area contributed by atoms with Crippen LogP contribution in [0, 0.1) is 0 Å². The Bertz CT molecular complexity index is 237. The number of rotatable bonds is 11. The van der Waals surface area contributed by atoms with Crippen molar-refractivity contribution in [2.45, 2.75) is 84.0 Å². The Balaban J connectivity index is 1.77. The van der Waals surface area contributed by atoms with Gasteiger partial charge in [-0.2, -0.15) is 0 Å². The third-order valence-corrected chi connectivity index (χ3v) is 4.14. The fourth-order valence-corrected chi connectivity index (χ4v) is 2.78. The molecule has 2 amide bonds. The third-order valence-electron chi connectivity index (χ3n) is 4.14. The molecule has 0 spiro atoms. The van der Waals surface area contributed by atoms with Gasteiger partial charge in [0.2, 0.25) is 0 Å². The molecule has 0 bridgehead atoms. The number of urea groups is 1. The second-order valence-corrected chi connectivity index (χ2v) is 6.04. The van der Waals surface area contributed by atoms with Gasteiger partial charge < -0.3 is 4.90 Å². The number of amides is 2. The van der Waals surface area contributed by atoms with Gasteiger partial charge in [0, 0.05) is 19.6 Å². The SMILES string of the molecule is CCCCCCCCCCCC[N]C(=O)N1CCCC1. The highest BCUT2D eigenvalue weighted by Crippen LogP contribution is 2.11. The number of unbranched alkanes of at least 4 members (excludes halogenated alkanes) is 9. The molecule has 0 N–H and O–H groups in total. The van der Waals surface area contributed by atoms with Crippen LogP contribution >= 0.6 is 0 Å². The average molecular weight is 281 g/mol. The van der Waals surface area contributed by atoms with Crippen LogP contribution in [0.5, 0.6) is 0 Å². The molecule has 3 nitrogen and oxygen atoms in total. The van der Waals surface area contributed by atoms with Crippen molar-refractivity contribution in [2.24, 2.45) is 0 Å². The van der Waals surface area contributed by atoms with Gasteiger partial charge in [-0.25, -0.2) is 10.1 Å². The molecule has 20 heavy (non-hydrogen) atoms. The van der Waals surface area contributed by atoms with Crippen LogP contribution < -0.4 is 5.32 Å². The predicted molar refractivity (Wildman–Crippen MR) is 85.0 cm³/mol. The topological polar surface area (TPSA) is 34.4 Å². The van der Waals surface area contributed by atoms with Crippen LogP contribution in [-0.4, -0.2) is 30.6 Å². The maximum absolute atomic E-state index is 11.7. The number of carbonyl (C=O) groups excluding carboxylic acids is 1. The zero-order valence-electron chi connectivity index (χ0n) is 13.4. The second-order valence-electron chi connectivity index (χ2n) is 6.04. The maximum atomic E-state index is 11.7. The van der Waals surface area contributed by atoms with Gasteiger partial charge in [0.1, 0.15) is 0 Å². The molecule has 0 aliphatic carbocycles. The van der Waals surface area contributed by atoms with Crippen LogP contribution in [0.4, 0.5) is 4.79 Å². The van der Waals surface area contributed by atoms with Gasteiger partial charge in [-0.1, -0.05) is 64.7 Å². The molecule has 0 atom stereocenters. The molecule has 0 aromatic heterocycles. The smallest absolute Gasteiger partial charge is 0.323 e. The van der Waals surface area contributed by atoms with Crippen LogP contribution in [-0.2, 0) is 0 Å². The highest BCUT2D eigenvalue weighted by Gasteiger charge is 2.17. The zero-order valence-corrected chi connectivity index (χ0v) is 13.4. The quantitative estimate of drug-likeness (QED) is 0.504. The van der Waals surface area contributed by atoms with Crippen molar-refractivity contribution in [1.82, 2.24) is 10.2 Å². The first-order valence-electron chi connectivity index (χ1n) is 8.81. The molecular formula is C17H33N2O. The van der Waals surface area contributed by atoms with Crippen LogP contribution in [0.25, 0.3) is 0 Å². The van der Waals surface area contributed by atoms with Gasteiger partial charge in [0.05, 0.1) is 0 Å². The molecule has 1 rings (SSSR count). The van der Waals surface area contributed by atoms with Crippen molar-refractivity contribution >= 4 is 6.03 Å². The van der Waals surface area contributed by atoms with Crippen molar-refractivity contribution < 1.29 is 4.79 Å². The van der Waals surface area contributed by atoms with E-state index < -0.39 is 0 Å². The molecule has 0 saturated carbocycles. The first-order chi connectivity index (χ1) is 9.84. The van der Waals surface area contributed by atoms with Crippen molar-refractivity contribution in [3.63, 3.8) is 0 Å². The third kappa shape index (κ3) is 8.44. The van der Waals surface area contributed by atoms with Crippen LogP contribution in [0.1, 0.15) is 84.0 Å². The summed E-state index contributed by atoms with van der Waals surface area (Å²) in [5, 5.41) is 4.16. The largest absolute Gasteiger partial charge is 0.338 e. The summed E-state index contributed by atoms with van der Waals surface area (Å²) >= 11 is 0. The lowest BCUT2D eigenvalue weighted by molar-refractivity contribution is 0.207. The van der Waals surface area contributed by atoms with Crippen LogP contribution in [0.15, 0.2) is 0 Å². The number of nitrogens with zero attached hydrogens (tertiary/aromatic N) is 2. The van der Waals surface area contributed by atoms with E-state index in [1.165, 1.54) is 57.8 Å². The lowest BCUT2D eigenvalue weighted by Crippen LogP contribution is -2.33. The van der Waals surface area contributed by atoms with E-state index in [0.717, 1.165) is 38.9 Å². The first-order valence-corrected chi connectivity index (χ1v) is 8.81. The summed E-state index contributed by atoms with van der Waals surface area (Å²) in [4.78, 5) is 13.6. The summed E-state index contributed by atoms with van der Waals surface area (Å²) in [6.07, 6.45) is 15.6. The molecule has 1 aliphatic rings. The molecular weight excluding hydrogens is 248 g/mol. The fraction of sp³-hybridized carbons (Fsp3) is 0.941. The first kappa shape index (κ1) is 17.3. The van der Waals surface area contributed by atoms with E-state index in [1.807, 2.05) is 4.90 Å². The molecule has 117 valence electrons. The van der Waals surface area contributed by atoms with E-state index in [-0.39, 0.29) is 6.03 Å². The summed E-state index contributed by atoms with van der Waals surface area (Å²) in [6, 6.07) is 0.0263. The molecule has 1 aliphatic heterocycles. The number of hydrogen-bond acceptors (Lipinski definition) is 1. The Morgan fingerprint density at radius 1 is 0.850 bits per heavy atom. The maximum Gasteiger partial charge on any atom is 0.338 e. The second kappa shape index (κ2) is 12.0. The lowest BCUT2D eigenvalue weighted by atomic mass is 10.1.